The van der Waals surface area contributed by atoms with Crippen molar-refractivity contribution >= 4 is 18.0 Å². The van der Waals surface area contributed by atoms with Crippen molar-refractivity contribution in [3.63, 3.8) is 0 Å². The SMILES string of the molecule is C[C@@H](CNC(=O)COC(=O)/C=C/c1cn(Cc2ccccc2)nn1)c1ccccc1. The molecule has 0 aliphatic rings. The van der Waals surface area contributed by atoms with Crippen molar-refractivity contribution in [2.45, 2.75) is 19.4 Å². The average molecular weight is 404 g/mol. The molecular weight excluding hydrogens is 380 g/mol. The van der Waals surface area contributed by atoms with Gasteiger partial charge in [-0.2, -0.15) is 0 Å². The lowest BCUT2D eigenvalue weighted by Crippen LogP contribution is -2.31. The molecule has 1 aromatic heterocycles. The largest absolute Gasteiger partial charge is 0.452 e. The maximum atomic E-state index is 11.9. The molecule has 3 aromatic rings. The van der Waals surface area contributed by atoms with Gasteiger partial charge in [0.25, 0.3) is 5.91 Å². The molecule has 2 aromatic carbocycles. The summed E-state index contributed by atoms with van der Waals surface area (Å²) in [5.74, 6) is -0.781. The summed E-state index contributed by atoms with van der Waals surface area (Å²) in [6.07, 6.45) is 4.47. The highest BCUT2D eigenvalue weighted by Gasteiger charge is 2.09. The van der Waals surface area contributed by atoms with E-state index in [1.54, 1.807) is 10.9 Å². The third-order valence-electron chi connectivity index (χ3n) is 4.45. The molecule has 0 unspecified atom stereocenters. The first-order valence-corrected chi connectivity index (χ1v) is 9.70. The number of amides is 1. The summed E-state index contributed by atoms with van der Waals surface area (Å²) in [5.41, 5.74) is 2.77. The summed E-state index contributed by atoms with van der Waals surface area (Å²) in [7, 11) is 0. The van der Waals surface area contributed by atoms with E-state index in [0.29, 0.717) is 18.8 Å². The normalized spacial score (nSPS) is 11.9. The zero-order chi connectivity index (χ0) is 21.2. The van der Waals surface area contributed by atoms with Gasteiger partial charge in [0.2, 0.25) is 0 Å². The van der Waals surface area contributed by atoms with Crippen LogP contribution < -0.4 is 5.32 Å². The number of nitrogens with one attached hydrogen (secondary N) is 1. The molecule has 0 fully saturated rings. The summed E-state index contributed by atoms with van der Waals surface area (Å²) in [4.78, 5) is 23.7. The number of carbonyl (C=O) groups is 2. The van der Waals surface area contributed by atoms with Crippen molar-refractivity contribution in [2.24, 2.45) is 0 Å². The fraction of sp³-hybridized carbons (Fsp3) is 0.217. The van der Waals surface area contributed by atoms with Gasteiger partial charge in [0.05, 0.1) is 12.7 Å². The van der Waals surface area contributed by atoms with Crippen LogP contribution in [0.2, 0.25) is 0 Å². The second-order valence-electron chi connectivity index (χ2n) is 6.88. The van der Waals surface area contributed by atoms with Crippen molar-refractivity contribution in [2.75, 3.05) is 13.2 Å². The number of hydrogen-bond donors (Lipinski definition) is 1. The molecule has 0 aliphatic heterocycles. The van der Waals surface area contributed by atoms with E-state index >= 15 is 0 Å². The Bertz CT molecular complexity index is 984. The van der Waals surface area contributed by atoms with Crippen molar-refractivity contribution in [3.05, 3.63) is 89.8 Å². The quantitative estimate of drug-likeness (QED) is 0.438. The predicted molar refractivity (Wildman–Crippen MR) is 113 cm³/mol. The molecule has 30 heavy (non-hydrogen) atoms. The van der Waals surface area contributed by atoms with Crippen LogP contribution in [0.5, 0.6) is 0 Å². The monoisotopic (exact) mass is 404 g/mol. The van der Waals surface area contributed by atoms with Crippen molar-refractivity contribution in [1.82, 2.24) is 20.3 Å². The fourth-order valence-corrected chi connectivity index (χ4v) is 2.79. The van der Waals surface area contributed by atoms with Gasteiger partial charge < -0.3 is 10.1 Å². The molecule has 0 saturated carbocycles. The molecule has 7 nitrogen and oxygen atoms in total. The van der Waals surface area contributed by atoms with E-state index in [1.807, 2.05) is 67.6 Å². The van der Waals surface area contributed by atoms with Gasteiger partial charge in [-0.15, -0.1) is 5.10 Å². The number of nitrogens with zero attached hydrogens (tertiary/aromatic N) is 3. The smallest absolute Gasteiger partial charge is 0.331 e. The molecule has 0 bridgehead atoms. The van der Waals surface area contributed by atoms with E-state index in [-0.39, 0.29) is 18.4 Å². The summed E-state index contributed by atoms with van der Waals surface area (Å²) < 4.78 is 6.66. The second kappa shape index (κ2) is 10.7. The standard InChI is InChI=1S/C23H24N4O3/c1-18(20-10-6-3-7-11-20)14-24-22(28)17-30-23(29)13-12-21-16-27(26-25-21)15-19-8-4-2-5-9-19/h2-13,16,18H,14-15,17H2,1H3,(H,24,28)/b13-12+/t18-/m0/s1. The Morgan fingerprint density at radius 1 is 1.10 bits per heavy atom. The van der Waals surface area contributed by atoms with Gasteiger partial charge >= 0.3 is 5.97 Å². The molecule has 0 radical (unpaired) electrons. The first-order chi connectivity index (χ1) is 14.6. The molecule has 1 N–H and O–H groups in total. The Kier molecular flexibility index (Phi) is 7.49. The lowest BCUT2D eigenvalue weighted by Gasteiger charge is -2.12. The Morgan fingerprint density at radius 3 is 2.53 bits per heavy atom. The number of benzene rings is 2. The maximum absolute atomic E-state index is 11.9. The zero-order valence-electron chi connectivity index (χ0n) is 16.8. The summed E-state index contributed by atoms with van der Waals surface area (Å²) >= 11 is 0. The van der Waals surface area contributed by atoms with Crippen LogP contribution in [0, 0.1) is 0 Å². The lowest BCUT2D eigenvalue weighted by molar-refractivity contribution is -0.143. The van der Waals surface area contributed by atoms with Gasteiger partial charge in [-0.3, -0.25) is 4.79 Å². The number of carbonyl (C=O) groups excluding carboxylic acids is 2. The molecule has 7 heteroatoms. The van der Waals surface area contributed by atoms with Gasteiger partial charge in [0.15, 0.2) is 6.61 Å². The minimum atomic E-state index is -0.612. The van der Waals surface area contributed by atoms with Gasteiger partial charge in [-0.1, -0.05) is 72.8 Å². The van der Waals surface area contributed by atoms with Crippen molar-refractivity contribution < 1.29 is 14.3 Å². The highest BCUT2D eigenvalue weighted by atomic mass is 16.5. The zero-order valence-corrected chi connectivity index (χ0v) is 16.8. The number of rotatable bonds is 9. The predicted octanol–water partition coefficient (Wildman–Crippen LogP) is 2.80. The van der Waals surface area contributed by atoms with Gasteiger partial charge in [0.1, 0.15) is 5.69 Å². The van der Waals surface area contributed by atoms with E-state index in [4.69, 9.17) is 4.74 Å². The first kappa shape index (κ1) is 21.0. The van der Waals surface area contributed by atoms with Crippen LogP contribution in [0.25, 0.3) is 6.08 Å². The molecule has 3 rings (SSSR count). The van der Waals surface area contributed by atoms with Crippen LogP contribution in [0.3, 0.4) is 0 Å². The van der Waals surface area contributed by atoms with Crippen LogP contribution in [0.4, 0.5) is 0 Å². The Hall–Kier alpha value is -3.74. The third-order valence-corrected chi connectivity index (χ3v) is 4.45. The van der Waals surface area contributed by atoms with E-state index in [9.17, 15) is 9.59 Å². The molecule has 1 amide bonds. The van der Waals surface area contributed by atoms with Crippen molar-refractivity contribution in [1.29, 1.82) is 0 Å². The van der Waals surface area contributed by atoms with Gasteiger partial charge in [0, 0.05) is 12.6 Å². The van der Waals surface area contributed by atoms with Crippen LogP contribution in [-0.4, -0.2) is 40.0 Å². The topological polar surface area (TPSA) is 86.1 Å². The number of esters is 1. The Balaban J connectivity index is 1.39. The lowest BCUT2D eigenvalue weighted by atomic mass is 10.0. The van der Waals surface area contributed by atoms with Crippen LogP contribution in [0.1, 0.15) is 29.7 Å². The van der Waals surface area contributed by atoms with E-state index in [2.05, 4.69) is 15.6 Å². The minimum absolute atomic E-state index is 0.171. The Morgan fingerprint density at radius 2 is 1.80 bits per heavy atom. The summed E-state index contributed by atoms with van der Waals surface area (Å²) in [6.45, 7) is 2.76. The van der Waals surface area contributed by atoms with Crippen molar-refractivity contribution in [3.8, 4) is 0 Å². The highest BCUT2D eigenvalue weighted by molar-refractivity contribution is 5.88. The Labute approximate surface area is 175 Å². The molecular formula is C23H24N4O3. The first-order valence-electron chi connectivity index (χ1n) is 9.70. The van der Waals surface area contributed by atoms with Gasteiger partial charge in [-0.25, -0.2) is 9.48 Å². The number of hydrogen-bond acceptors (Lipinski definition) is 5. The molecule has 0 saturated heterocycles. The van der Waals surface area contributed by atoms with Crippen LogP contribution in [0.15, 0.2) is 72.9 Å². The van der Waals surface area contributed by atoms with Crippen LogP contribution in [-0.2, 0) is 20.9 Å². The van der Waals surface area contributed by atoms with E-state index in [0.717, 1.165) is 11.1 Å². The van der Waals surface area contributed by atoms with E-state index < -0.39 is 5.97 Å². The molecule has 1 atom stereocenters. The van der Waals surface area contributed by atoms with E-state index in [1.165, 1.54) is 12.2 Å². The summed E-state index contributed by atoms with van der Waals surface area (Å²) in [6, 6.07) is 19.8. The highest BCUT2D eigenvalue weighted by Crippen LogP contribution is 2.12. The molecule has 154 valence electrons. The van der Waals surface area contributed by atoms with Gasteiger partial charge in [-0.05, 0) is 23.1 Å². The average Bonchev–Trinajstić information content (AvgIpc) is 3.23. The summed E-state index contributed by atoms with van der Waals surface area (Å²) in [5, 5.41) is 10.8. The number of aromatic nitrogens is 3. The fourth-order valence-electron chi connectivity index (χ4n) is 2.79. The molecule has 0 spiro atoms. The second-order valence-corrected chi connectivity index (χ2v) is 6.88. The minimum Gasteiger partial charge on any atom is -0.452 e. The molecule has 0 aliphatic carbocycles. The number of ether oxygens (including phenoxy) is 1. The molecule has 1 heterocycles. The van der Waals surface area contributed by atoms with Crippen LogP contribution >= 0.6 is 0 Å². The maximum Gasteiger partial charge on any atom is 0.331 e. The third kappa shape index (κ3) is 6.70.